The van der Waals surface area contributed by atoms with Crippen molar-refractivity contribution in [2.45, 2.75) is 6.10 Å². The smallest absolute Gasteiger partial charge is 0.165 e. The second-order valence-electron chi connectivity index (χ2n) is 4.42. The first-order valence-electron chi connectivity index (χ1n) is 6.29. The molecule has 0 aromatic heterocycles. The lowest BCUT2D eigenvalue weighted by atomic mass is 10.3. The maximum absolute atomic E-state index is 13.3. The van der Waals surface area contributed by atoms with E-state index >= 15 is 0 Å². The largest absolute Gasteiger partial charge is 0.491 e. The second kappa shape index (κ2) is 6.90. The summed E-state index contributed by atoms with van der Waals surface area (Å²) in [7, 11) is 0. The third-order valence-corrected chi connectivity index (χ3v) is 2.65. The summed E-state index contributed by atoms with van der Waals surface area (Å²) < 4.78 is 36.6. The van der Waals surface area contributed by atoms with Gasteiger partial charge in [-0.15, -0.1) is 0 Å². The normalized spacial score (nSPS) is 12.0. The highest BCUT2D eigenvalue weighted by Gasteiger charge is 2.10. The number of rotatable bonds is 6. The fraction of sp³-hybridized carbons (Fsp3) is 0.200. The van der Waals surface area contributed by atoms with Gasteiger partial charge in [0.05, 0.1) is 0 Å². The van der Waals surface area contributed by atoms with Crippen LogP contribution in [0.2, 0.25) is 0 Å². The van der Waals surface area contributed by atoms with Gasteiger partial charge in [-0.3, -0.25) is 0 Å². The Balaban J connectivity index is 1.80. The number of halogens is 2. The number of anilines is 1. The molecule has 0 saturated heterocycles. The van der Waals surface area contributed by atoms with Crippen LogP contribution in [0.1, 0.15) is 0 Å². The number of hydrogen-bond acceptors (Lipinski definition) is 4. The van der Waals surface area contributed by atoms with E-state index in [0.717, 1.165) is 18.2 Å². The van der Waals surface area contributed by atoms with Crippen molar-refractivity contribution >= 4 is 5.69 Å². The molecule has 4 nitrogen and oxygen atoms in total. The number of nitrogens with two attached hydrogens (primary N) is 1. The van der Waals surface area contributed by atoms with Crippen molar-refractivity contribution in [3.8, 4) is 11.5 Å². The number of benzene rings is 2. The molecule has 21 heavy (non-hydrogen) atoms. The van der Waals surface area contributed by atoms with E-state index in [1.54, 1.807) is 24.3 Å². The van der Waals surface area contributed by atoms with E-state index in [-0.39, 0.29) is 19.0 Å². The molecular formula is C15H15F2NO3. The highest BCUT2D eigenvalue weighted by Crippen LogP contribution is 2.18. The SMILES string of the molecule is Nc1ccc(OCC(O)COc2cc(F)ccc2F)cc1. The summed E-state index contributed by atoms with van der Waals surface area (Å²) in [5.41, 5.74) is 6.13. The summed E-state index contributed by atoms with van der Waals surface area (Å²) in [6, 6.07) is 9.53. The maximum Gasteiger partial charge on any atom is 0.165 e. The molecule has 3 N–H and O–H groups in total. The minimum absolute atomic E-state index is 0.0408. The van der Waals surface area contributed by atoms with Crippen LogP contribution in [0.3, 0.4) is 0 Å². The Morgan fingerprint density at radius 2 is 1.67 bits per heavy atom. The average Bonchev–Trinajstić information content (AvgIpc) is 2.47. The first-order chi connectivity index (χ1) is 10.0. The quantitative estimate of drug-likeness (QED) is 0.803. The van der Waals surface area contributed by atoms with Crippen molar-refractivity contribution in [3.05, 3.63) is 54.1 Å². The molecule has 0 spiro atoms. The van der Waals surface area contributed by atoms with E-state index in [1.807, 2.05) is 0 Å². The summed E-state index contributed by atoms with van der Waals surface area (Å²) in [5.74, 6) is -1.01. The molecule has 0 fully saturated rings. The summed E-state index contributed by atoms with van der Waals surface area (Å²) in [5, 5.41) is 9.70. The molecule has 2 rings (SSSR count). The van der Waals surface area contributed by atoms with Crippen LogP contribution in [-0.2, 0) is 0 Å². The first kappa shape index (κ1) is 15.1. The lowest BCUT2D eigenvalue weighted by molar-refractivity contribution is 0.0611. The highest BCUT2D eigenvalue weighted by atomic mass is 19.1. The second-order valence-corrected chi connectivity index (χ2v) is 4.42. The molecule has 6 heteroatoms. The molecule has 1 atom stereocenters. The molecule has 0 aliphatic rings. The Bertz CT molecular complexity index is 590. The van der Waals surface area contributed by atoms with Gasteiger partial charge in [-0.25, -0.2) is 8.78 Å². The Labute approximate surface area is 120 Å². The predicted molar refractivity (Wildman–Crippen MR) is 74.2 cm³/mol. The zero-order valence-electron chi connectivity index (χ0n) is 11.1. The standard InChI is InChI=1S/C15H15F2NO3/c16-10-1-6-14(17)15(7-10)21-9-12(19)8-20-13-4-2-11(18)3-5-13/h1-7,12,19H,8-9,18H2. The molecular weight excluding hydrogens is 280 g/mol. The van der Waals surface area contributed by atoms with E-state index in [0.29, 0.717) is 11.4 Å². The lowest BCUT2D eigenvalue weighted by Gasteiger charge is -2.14. The predicted octanol–water partition coefficient (Wildman–Crippen LogP) is 2.37. The molecule has 2 aromatic rings. The van der Waals surface area contributed by atoms with Crippen LogP contribution in [0.15, 0.2) is 42.5 Å². The van der Waals surface area contributed by atoms with E-state index in [9.17, 15) is 13.9 Å². The third-order valence-electron chi connectivity index (χ3n) is 2.65. The van der Waals surface area contributed by atoms with Crippen LogP contribution in [0.5, 0.6) is 11.5 Å². The minimum Gasteiger partial charge on any atom is -0.491 e. The van der Waals surface area contributed by atoms with E-state index < -0.39 is 17.7 Å². The van der Waals surface area contributed by atoms with Gasteiger partial charge >= 0.3 is 0 Å². The Morgan fingerprint density at radius 1 is 1.00 bits per heavy atom. The molecule has 2 aromatic carbocycles. The topological polar surface area (TPSA) is 64.7 Å². The van der Waals surface area contributed by atoms with Crippen molar-refractivity contribution in [1.82, 2.24) is 0 Å². The molecule has 0 aliphatic heterocycles. The van der Waals surface area contributed by atoms with Crippen LogP contribution in [-0.4, -0.2) is 24.4 Å². The van der Waals surface area contributed by atoms with Crippen LogP contribution >= 0.6 is 0 Å². The Morgan fingerprint density at radius 3 is 2.38 bits per heavy atom. The molecule has 0 radical (unpaired) electrons. The fourth-order valence-electron chi connectivity index (χ4n) is 1.58. The Hall–Kier alpha value is -2.34. The summed E-state index contributed by atoms with van der Waals surface area (Å²) >= 11 is 0. The van der Waals surface area contributed by atoms with Gasteiger partial charge in [0, 0.05) is 11.8 Å². The molecule has 112 valence electrons. The van der Waals surface area contributed by atoms with Crippen molar-refractivity contribution in [1.29, 1.82) is 0 Å². The van der Waals surface area contributed by atoms with Gasteiger partial charge < -0.3 is 20.3 Å². The van der Waals surface area contributed by atoms with Crippen molar-refractivity contribution in [3.63, 3.8) is 0 Å². The number of aliphatic hydroxyl groups excluding tert-OH is 1. The molecule has 0 amide bonds. The summed E-state index contributed by atoms with van der Waals surface area (Å²) in [4.78, 5) is 0. The number of nitrogen functional groups attached to an aromatic ring is 1. The van der Waals surface area contributed by atoms with Gasteiger partial charge in [-0.05, 0) is 36.4 Å². The number of ether oxygens (including phenoxy) is 2. The zero-order valence-corrected chi connectivity index (χ0v) is 11.1. The maximum atomic E-state index is 13.3. The van der Waals surface area contributed by atoms with Crippen LogP contribution < -0.4 is 15.2 Å². The third kappa shape index (κ3) is 4.61. The first-order valence-corrected chi connectivity index (χ1v) is 6.29. The van der Waals surface area contributed by atoms with Crippen molar-refractivity contribution in [2.24, 2.45) is 0 Å². The van der Waals surface area contributed by atoms with Gasteiger partial charge in [0.2, 0.25) is 0 Å². The monoisotopic (exact) mass is 295 g/mol. The average molecular weight is 295 g/mol. The minimum atomic E-state index is -0.981. The summed E-state index contributed by atoms with van der Waals surface area (Å²) in [6.07, 6.45) is -0.981. The molecule has 0 bridgehead atoms. The van der Waals surface area contributed by atoms with Crippen LogP contribution in [0.25, 0.3) is 0 Å². The van der Waals surface area contributed by atoms with Gasteiger partial charge in [0.1, 0.15) is 30.9 Å². The van der Waals surface area contributed by atoms with E-state index in [4.69, 9.17) is 15.2 Å². The van der Waals surface area contributed by atoms with Gasteiger partial charge in [-0.1, -0.05) is 0 Å². The van der Waals surface area contributed by atoms with Crippen molar-refractivity contribution < 1.29 is 23.4 Å². The van der Waals surface area contributed by atoms with Crippen LogP contribution in [0.4, 0.5) is 14.5 Å². The summed E-state index contributed by atoms with van der Waals surface area (Å²) in [6.45, 7) is -0.254. The zero-order chi connectivity index (χ0) is 15.2. The molecule has 0 saturated carbocycles. The lowest BCUT2D eigenvalue weighted by Crippen LogP contribution is -2.25. The molecule has 0 aliphatic carbocycles. The highest BCUT2D eigenvalue weighted by molar-refractivity contribution is 5.41. The molecule has 0 heterocycles. The van der Waals surface area contributed by atoms with Gasteiger partial charge in [0.25, 0.3) is 0 Å². The number of aliphatic hydroxyl groups is 1. The molecule has 1 unspecified atom stereocenters. The van der Waals surface area contributed by atoms with Crippen LogP contribution in [0, 0.1) is 11.6 Å². The fourth-order valence-corrected chi connectivity index (χ4v) is 1.58. The van der Waals surface area contributed by atoms with Gasteiger partial charge in [-0.2, -0.15) is 0 Å². The van der Waals surface area contributed by atoms with Gasteiger partial charge in [0.15, 0.2) is 11.6 Å². The Kier molecular flexibility index (Phi) is 4.94. The van der Waals surface area contributed by atoms with E-state index in [2.05, 4.69) is 0 Å². The van der Waals surface area contributed by atoms with E-state index in [1.165, 1.54) is 0 Å². The number of hydrogen-bond donors (Lipinski definition) is 2. The van der Waals surface area contributed by atoms with Crippen molar-refractivity contribution in [2.75, 3.05) is 18.9 Å².